The first-order valence-corrected chi connectivity index (χ1v) is 8.77. The monoisotopic (exact) mass is 330 g/mol. The number of fused-ring (bicyclic) bond motifs is 6. The fraction of sp³-hybridized carbons (Fsp3) is 0.300. The standard InChI is InChI=1S/C20H18N4O/c25-20(22-11-15-3-1-2-8-21-15)14-6-7-16-17(10-14)24-19-13-5-4-12(9-13)18(19)23-16/h1-3,6-8,10,12-13H,4-5,9,11H2,(H,22,25). The Hall–Kier alpha value is -2.82. The fourth-order valence-electron chi connectivity index (χ4n) is 4.08. The molecule has 1 saturated carbocycles. The SMILES string of the molecule is O=C(NCc1ccccn1)c1ccc2nc3c(nc2c1)C1CCC3C1. The molecule has 2 aromatic heterocycles. The van der Waals surface area contributed by atoms with Crippen molar-refractivity contribution >= 4 is 16.9 Å². The quantitative estimate of drug-likeness (QED) is 0.800. The van der Waals surface area contributed by atoms with Gasteiger partial charge in [-0.25, -0.2) is 9.97 Å². The van der Waals surface area contributed by atoms with E-state index in [1.165, 1.54) is 25.0 Å². The second-order valence-electron chi connectivity index (χ2n) is 6.91. The highest BCUT2D eigenvalue weighted by Gasteiger charge is 2.39. The molecule has 2 aliphatic rings. The molecule has 0 spiro atoms. The Morgan fingerprint density at radius 3 is 2.60 bits per heavy atom. The Labute approximate surface area is 145 Å². The highest BCUT2D eigenvalue weighted by atomic mass is 16.1. The molecule has 0 saturated heterocycles. The summed E-state index contributed by atoms with van der Waals surface area (Å²) in [5.74, 6) is 1.05. The molecule has 124 valence electrons. The third-order valence-corrected chi connectivity index (χ3v) is 5.34. The summed E-state index contributed by atoms with van der Waals surface area (Å²) in [5, 5.41) is 2.91. The maximum absolute atomic E-state index is 12.4. The number of benzene rings is 1. The van der Waals surface area contributed by atoms with Gasteiger partial charge in [-0.15, -0.1) is 0 Å². The molecule has 3 aromatic rings. The van der Waals surface area contributed by atoms with E-state index in [9.17, 15) is 4.79 Å². The van der Waals surface area contributed by atoms with E-state index in [1.54, 1.807) is 6.20 Å². The van der Waals surface area contributed by atoms with E-state index in [0.29, 0.717) is 23.9 Å². The number of nitrogens with one attached hydrogen (secondary N) is 1. The maximum atomic E-state index is 12.4. The van der Waals surface area contributed by atoms with Crippen LogP contribution in [0.5, 0.6) is 0 Å². The van der Waals surface area contributed by atoms with Crippen molar-refractivity contribution < 1.29 is 4.79 Å². The highest BCUT2D eigenvalue weighted by molar-refractivity contribution is 5.97. The molecule has 1 amide bonds. The van der Waals surface area contributed by atoms with Crippen LogP contribution in [0, 0.1) is 0 Å². The van der Waals surface area contributed by atoms with Gasteiger partial charge in [0.1, 0.15) is 0 Å². The molecule has 1 N–H and O–H groups in total. The molecule has 2 atom stereocenters. The summed E-state index contributed by atoms with van der Waals surface area (Å²) in [5.41, 5.74) is 5.50. The molecule has 2 bridgehead atoms. The zero-order valence-corrected chi connectivity index (χ0v) is 13.8. The van der Waals surface area contributed by atoms with Crippen LogP contribution in [0.25, 0.3) is 11.0 Å². The van der Waals surface area contributed by atoms with E-state index < -0.39 is 0 Å². The summed E-state index contributed by atoms with van der Waals surface area (Å²) >= 11 is 0. The Morgan fingerprint density at radius 1 is 1.04 bits per heavy atom. The molecule has 0 aliphatic heterocycles. The number of pyridine rings is 1. The van der Waals surface area contributed by atoms with E-state index >= 15 is 0 Å². The summed E-state index contributed by atoms with van der Waals surface area (Å²) in [6.07, 6.45) is 5.39. The average Bonchev–Trinajstić information content (AvgIpc) is 3.27. The minimum absolute atomic E-state index is 0.114. The fourth-order valence-corrected chi connectivity index (χ4v) is 4.08. The van der Waals surface area contributed by atoms with Crippen LogP contribution in [-0.4, -0.2) is 20.9 Å². The molecule has 2 aliphatic carbocycles. The van der Waals surface area contributed by atoms with Gasteiger partial charge in [0.25, 0.3) is 5.91 Å². The molecule has 5 heteroatoms. The zero-order valence-electron chi connectivity index (χ0n) is 13.8. The first kappa shape index (κ1) is 14.5. The summed E-state index contributed by atoms with van der Waals surface area (Å²) < 4.78 is 0. The molecule has 5 rings (SSSR count). The Kier molecular flexibility index (Phi) is 3.26. The predicted octanol–water partition coefficient (Wildman–Crippen LogP) is 3.32. The van der Waals surface area contributed by atoms with Crippen LogP contribution in [0.2, 0.25) is 0 Å². The molecular weight excluding hydrogens is 312 g/mol. The van der Waals surface area contributed by atoms with Gasteiger partial charge in [-0.3, -0.25) is 9.78 Å². The van der Waals surface area contributed by atoms with Gasteiger partial charge in [-0.1, -0.05) is 6.07 Å². The molecule has 1 fully saturated rings. The number of aromatic nitrogens is 3. The van der Waals surface area contributed by atoms with Crippen LogP contribution < -0.4 is 5.32 Å². The van der Waals surface area contributed by atoms with Crippen LogP contribution in [0.15, 0.2) is 42.6 Å². The first-order chi connectivity index (χ1) is 12.3. The van der Waals surface area contributed by atoms with E-state index in [-0.39, 0.29) is 5.91 Å². The smallest absolute Gasteiger partial charge is 0.251 e. The van der Waals surface area contributed by atoms with Crippen LogP contribution in [0.4, 0.5) is 0 Å². The topological polar surface area (TPSA) is 67.8 Å². The lowest BCUT2D eigenvalue weighted by Crippen LogP contribution is -2.23. The third-order valence-electron chi connectivity index (χ3n) is 5.34. The van der Waals surface area contributed by atoms with Gasteiger partial charge in [0.15, 0.2) is 0 Å². The largest absolute Gasteiger partial charge is 0.346 e. The minimum Gasteiger partial charge on any atom is -0.346 e. The average molecular weight is 330 g/mol. The summed E-state index contributed by atoms with van der Waals surface area (Å²) in [6, 6.07) is 11.2. The van der Waals surface area contributed by atoms with Gasteiger partial charge in [-0.05, 0) is 49.6 Å². The van der Waals surface area contributed by atoms with Crippen molar-refractivity contribution in [1.29, 1.82) is 0 Å². The molecule has 2 unspecified atom stereocenters. The minimum atomic E-state index is -0.114. The zero-order chi connectivity index (χ0) is 16.8. The van der Waals surface area contributed by atoms with Crippen LogP contribution in [-0.2, 0) is 6.54 Å². The summed E-state index contributed by atoms with van der Waals surface area (Å²) in [6.45, 7) is 0.414. The molecule has 1 aromatic carbocycles. The Morgan fingerprint density at radius 2 is 1.84 bits per heavy atom. The van der Waals surface area contributed by atoms with Gasteiger partial charge in [-0.2, -0.15) is 0 Å². The van der Waals surface area contributed by atoms with Crippen molar-refractivity contribution in [2.24, 2.45) is 0 Å². The van der Waals surface area contributed by atoms with Crippen LogP contribution in [0.3, 0.4) is 0 Å². The number of rotatable bonds is 3. The van der Waals surface area contributed by atoms with E-state index in [4.69, 9.17) is 9.97 Å². The molecular formula is C20H18N4O. The second kappa shape index (κ2) is 5.62. The molecule has 0 radical (unpaired) electrons. The number of carbonyl (C=O) groups excluding carboxylic acids is 1. The summed E-state index contributed by atoms with van der Waals surface area (Å²) in [4.78, 5) is 26.3. The number of nitrogens with zero attached hydrogens (tertiary/aromatic N) is 3. The summed E-state index contributed by atoms with van der Waals surface area (Å²) in [7, 11) is 0. The van der Waals surface area contributed by atoms with Crippen LogP contribution in [0.1, 0.15) is 58.5 Å². The lowest BCUT2D eigenvalue weighted by atomic mass is 10.00. The number of amides is 1. The Bertz CT molecular complexity index is 970. The van der Waals surface area contributed by atoms with E-state index in [0.717, 1.165) is 22.4 Å². The van der Waals surface area contributed by atoms with Crippen molar-refractivity contribution in [3.05, 3.63) is 65.2 Å². The van der Waals surface area contributed by atoms with Gasteiger partial charge >= 0.3 is 0 Å². The highest BCUT2D eigenvalue weighted by Crippen LogP contribution is 2.51. The van der Waals surface area contributed by atoms with E-state index in [1.807, 2.05) is 36.4 Å². The van der Waals surface area contributed by atoms with Gasteiger partial charge in [0.2, 0.25) is 0 Å². The third kappa shape index (κ3) is 2.47. The maximum Gasteiger partial charge on any atom is 0.251 e. The van der Waals surface area contributed by atoms with Crippen molar-refractivity contribution in [3.8, 4) is 0 Å². The lowest BCUT2D eigenvalue weighted by Gasteiger charge is -2.14. The van der Waals surface area contributed by atoms with Crippen molar-refractivity contribution in [3.63, 3.8) is 0 Å². The number of hydrogen-bond donors (Lipinski definition) is 1. The Balaban J connectivity index is 1.41. The first-order valence-electron chi connectivity index (χ1n) is 8.77. The van der Waals surface area contributed by atoms with Gasteiger partial charge < -0.3 is 5.32 Å². The van der Waals surface area contributed by atoms with Crippen LogP contribution >= 0.6 is 0 Å². The van der Waals surface area contributed by atoms with Gasteiger partial charge in [0, 0.05) is 23.6 Å². The normalized spacial score (nSPS) is 20.6. The second-order valence-corrected chi connectivity index (χ2v) is 6.91. The van der Waals surface area contributed by atoms with Crippen molar-refractivity contribution in [2.45, 2.75) is 37.6 Å². The lowest BCUT2D eigenvalue weighted by molar-refractivity contribution is 0.0950. The van der Waals surface area contributed by atoms with E-state index in [2.05, 4.69) is 10.3 Å². The number of hydrogen-bond acceptors (Lipinski definition) is 4. The molecule has 25 heavy (non-hydrogen) atoms. The predicted molar refractivity (Wildman–Crippen MR) is 94.3 cm³/mol. The molecule has 5 nitrogen and oxygen atoms in total. The van der Waals surface area contributed by atoms with Crippen molar-refractivity contribution in [1.82, 2.24) is 20.3 Å². The number of carbonyl (C=O) groups is 1. The molecule has 2 heterocycles. The van der Waals surface area contributed by atoms with Gasteiger partial charge in [0.05, 0.1) is 34.7 Å². The van der Waals surface area contributed by atoms with Crippen molar-refractivity contribution in [2.75, 3.05) is 0 Å².